The Kier molecular flexibility index (Phi) is 2.84. The number of H-pyrrole nitrogens is 1. The van der Waals surface area contributed by atoms with E-state index in [1.165, 1.54) is 19.3 Å². The predicted molar refractivity (Wildman–Crippen MR) is 73.7 cm³/mol. The molecule has 2 aromatic rings. The van der Waals surface area contributed by atoms with Gasteiger partial charge in [-0.05, 0) is 12.3 Å². The van der Waals surface area contributed by atoms with Gasteiger partial charge >= 0.3 is 0 Å². The first-order chi connectivity index (χ1) is 9.81. The second-order valence-electron chi connectivity index (χ2n) is 5.86. The van der Waals surface area contributed by atoms with Crippen LogP contribution in [0.4, 0.5) is 0 Å². The molecule has 6 heteroatoms. The van der Waals surface area contributed by atoms with E-state index in [1.54, 1.807) is 6.20 Å². The average molecular weight is 274 g/mol. The van der Waals surface area contributed by atoms with Crippen LogP contribution in [0.5, 0.6) is 0 Å². The fraction of sp³-hybridized carbons (Fsp3) is 0.643. The molecule has 1 unspecified atom stereocenters. The molecule has 1 N–H and O–H groups in total. The smallest absolute Gasteiger partial charge is 0.262 e. The molecule has 0 radical (unpaired) electrons. The fourth-order valence-electron chi connectivity index (χ4n) is 3.03. The van der Waals surface area contributed by atoms with Gasteiger partial charge in [0.05, 0.1) is 18.8 Å². The first-order valence-electron chi connectivity index (χ1n) is 7.35. The Morgan fingerprint density at radius 1 is 1.40 bits per heavy atom. The molecule has 0 bridgehead atoms. The van der Waals surface area contributed by atoms with E-state index in [4.69, 9.17) is 4.74 Å². The predicted octanol–water partition coefficient (Wildman–Crippen LogP) is 1.42. The van der Waals surface area contributed by atoms with Gasteiger partial charge in [-0.2, -0.15) is 5.10 Å². The van der Waals surface area contributed by atoms with Crippen LogP contribution in [0.15, 0.2) is 11.0 Å². The minimum absolute atomic E-state index is 0.0745. The summed E-state index contributed by atoms with van der Waals surface area (Å²) >= 11 is 0. The highest BCUT2D eigenvalue weighted by molar-refractivity contribution is 5.73. The Hall–Kier alpha value is -1.69. The van der Waals surface area contributed by atoms with Crippen molar-refractivity contribution >= 4 is 11.0 Å². The van der Waals surface area contributed by atoms with E-state index in [9.17, 15) is 4.79 Å². The SMILES string of the molecule is O=c1[nH]c(CC2CCC2)nc2c1cnn2C1CCOC1. The van der Waals surface area contributed by atoms with Crippen LogP contribution in [0.25, 0.3) is 11.0 Å². The van der Waals surface area contributed by atoms with Gasteiger partial charge in [-0.1, -0.05) is 19.3 Å². The Morgan fingerprint density at radius 3 is 3.00 bits per heavy atom. The highest BCUT2D eigenvalue weighted by Gasteiger charge is 2.23. The third-order valence-corrected chi connectivity index (χ3v) is 4.47. The van der Waals surface area contributed by atoms with Gasteiger partial charge in [0, 0.05) is 13.0 Å². The topological polar surface area (TPSA) is 72.8 Å². The number of aromatic amines is 1. The zero-order valence-electron chi connectivity index (χ0n) is 11.3. The van der Waals surface area contributed by atoms with E-state index in [1.807, 2.05) is 4.68 Å². The lowest BCUT2D eigenvalue weighted by Crippen LogP contribution is -2.20. The fourth-order valence-corrected chi connectivity index (χ4v) is 3.03. The van der Waals surface area contributed by atoms with E-state index in [0.29, 0.717) is 23.6 Å². The van der Waals surface area contributed by atoms with Gasteiger partial charge < -0.3 is 9.72 Å². The zero-order valence-corrected chi connectivity index (χ0v) is 11.3. The summed E-state index contributed by atoms with van der Waals surface area (Å²) in [6, 6.07) is 0.207. The van der Waals surface area contributed by atoms with Crippen molar-refractivity contribution in [3.8, 4) is 0 Å². The number of hydrogen-bond donors (Lipinski definition) is 1. The summed E-state index contributed by atoms with van der Waals surface area (Å²) in [5.74, 6) is 1.48. The van der Waals surface area contributed by atoms with Crippen molar-refractivity contribution in [2.24, 2.45) is 5.92 Å². The van der Waals surface area contributed by atoms with Crippen molar-refractivity contribution in [3.05, 3.63) is 22.4 Å². The second kappa shape index (κ2) is 4.70. The summed E-state index contributed by atoms with van der Waals surface area (Å²) in [5.41, 5.74) is 0.632. The number of fused-ring (bicyclic) bond motifs is 1. The molecule has 1 atom stereocenters. The van der Waals surface area contributed by atoms with Crippen LogP contribution >= 0.6 is 0 Å². The molecule has 6 nitrogen and oxygen atoms in total. The molecule has 0 spiro atoms. The van der Waals surface area contributed by atoms with Crippen LogP contribution in [0.3, 0.4) is 0 Å². The molecule has 0 aromatic carbocycles. The van der Waals surface area contributed by atoms with Gasteiger partial charge in [0.15, 0.2) is 5.65 Å². The molecular formula is C14H18N4O2. The number of aromatic nitrogens is 4. The van der Waals surface area contributed by atoms with Crippen molar-refractivity contribution < 1.29 is 4.74 Å². The minimum Gasteiger partial charge on any atom is -0.379 e. The lowest BCUT2D eigenvalue weighted by atomic mass is 9.83. The first-order valence-corrected chi connectivity index (χ1v) is 7.35. The number of hydrogen-bond acceptors (Lipinski definition) is 4. The third-order valence-electron chi connectivity index (χ3n) is 4.47. The molecule has 1 aliphatic heterocycles. The summed E-state index contributed by atoms with van der Waals surface area (Å²) in [6.07, 6.45) is 7.22. The van der Waals surface area contributed by atoms with Crippen molar-refractivity contribution in [1.29, 1.82) is 0 Å². The molecule has 2 aliphatic rings. The monoisotopic (exact) mass is 274 g/mol. The maximum atomic E-state index is 12.1. The van der Waals surface area contributed by atoms with Gasteiger partial charge in [0.2, 0.25) is 0 Å². The second-order valence-corrected chi connectivity index (χ2v) is 5.86. The van der Waals surface area contributed by atoms with Gasteiger partial charge in [0.25, 0.3) is 5.56 Å². The van der Waals surface area contributed by atoms with E-state index < -0.39 is 0 Å². The number of nitrogens with zero attached hydrogens (tertiary/aromatic N) is 3. The summed E-state index contributed by atoms with van der Waals surface area (Å²) in [7, 11) is 0. The van der Waals surface area contributed by atoms with Crippen molar-refractivity contribution in [3.63, 3.8) is 0 Å². The van der Waals surface area contributed by atoms with Crippen molar-refractivity contribution in [2.75, 3.05) is 13.2 Å². The highest BCUT2D eigenvalue weighted by Crippen LogP contribution is 2.29. The molecule has 106 valence electrons. The van der Waals surface area contributed by atoms with Gasteiger partial charge in [-0.25, -0.2) is 9.67 Å². The molecule has 3 heterocycles. The lowest BCUT2D eigenvalue weighted by Gasteiger charge is -2.24. The number of rotatable bonds is 3. The van der Waals surface area contributed by atoms with Crippen LogP contribution in [0.2, 0.25) is 0 Å². The zero-order chi connectivity index (χ0) is 13.5. The molecule has 2 aromatic heterocycles. The molecule has 20 heavy (non-hydrogen) atoms. The Morgan fingerprint density at radius 2 is 2.30 bits per heavy atom. The van der Waals surface area contributed by atoms with Gasteiger partial charge in [0.1, 0.15) is 11.2 Å². The Bertz CT molecular complexity index is 680. The Labute approximate surface area is 116 Å². The van der Waals surface area contributed by atoms with E-state index in [0.717, 1.165) is 25.3 Å². The minimum atomic E-state index is -0.0745. The van der Waals surface area contributed by atoms with Crippen molar-refractivity contribution in [1.82, 2.24) is 19.7 Å². The summed E-state index contributed by atoms with van der Waals surface area (Å²) in [6.45, 7) is 1.41. The number of nitrogens with one attached hydrogen (secondary N) is 1. The van der Waals surface area contributed by atoms with Crippen molar-refractivity contribution in [2.45, 2.75) is 38.1 Å². The Balaban J connectivity index is 1.75. The summed E-state index contributed by atoms with van der Waals surface area (Å²) in [5, 5.41) is 4.92. The largest absolute Gasteiger partial charge is 0.379 e. The normalized spacial score (nSPS) is 23.3. The quantitative estimate of drug-likeness (QED) is 0.918. The molecule has 1 saturated heterocycles. The molecule has 0 amide bonds. The lowest BCUT2D eigenvalue weighted by molar-refractivity contribution is 0.185. The number of ether oxygens (including phenoxy) is 1. The maximum absolute atomic E-state index is 12.1. The summed E-state index contributed by atoms with van der Waals surface area (Å²) < 4.78 is 7.27. The van der Waals surface area contributed by atoms with Crippen LogP contribution < -0.4 is 5.56 Å². The molecular weight excluding hydrogens is 256 g/mol. The molecule has 4 rings (SSSR count). The standard InChI is InChI=1S/C14H18N4O2/c19-14-11-7-15-18(10-4-5-20-8-10)13(11)16-12(17-14)6-9-2-1-3-9/h7,9-10H,1-6,8H2,(H,16,17,19). The van der Waals surface area contributed by atoms with E-state index in [2.05, 4.69) is 15.1 Å². The maximum Gasteiger partial charge on any atom is 0.262 e. The third kappa shape index (κ3) is 1.95. The molecule has 1 saturated carbocycles. The van der Waals surface area contributed by atoms with Crippen LogP contribution in [0, 0.1) is 5.92 Å². The molecule has 1 aliphatic carbocycles. The molecule has 2 fully saturated rings. The van der Waals surface area contributed by atoms with E-state index >= 15 is 0 Å². The average Bonchev–Trinajstić information content (AvgIpc) is 3.01. The van der Waals surface area contributed by atoms with E-state index in [-0.39, 0.29) is 11.6 Å². The first kappa shape index (κ1) is 12.1. The van der Waals surface area contributed by atoms with Gasteiger partial charge in [-0.15, -0.1) is 0 Å². The van der Waals surface area contributed by atoms with Crippen LogP contribution in [-0.4, -0.2) is 33.0 Å². The highest BCUT2D eigenvalue weighted by atomic mass is 16.5. The summed E-state index contributed by atoms with van der Waals surface area (Å²) in [4.78, 5) is 19.7. The van der Waals surface area contributed by atoms with Gasteiger partial charge in [-0.3, -0.25) is 4.79 Å². The van der Waals surface area contributed by atoms with Crippen LogP contribution in [0.1, 0.15) is 37.5 Å². The van der Waals surface area contributed by atoms with Crippen LogP contribution in [-0.2, 0) is 11.2 Å².